The number of nitrogen functional groups attached to an aromatic ring is 1. The zero-order chi connectivity index (χ0) is 13.7. The van der Waals surface area contributed by atoms with Crippen LogP contribution in [0.25, 0.3) is 0 Å². The molecule has 104 valence electrons. The molecule has 1 aromatic rings. The van der Waals surface area contributed by atoms with E-state index in [-0.39, 0.29) is 17.9 Å². The second-order valence-corrected chi connectivity index (χ2v) is 4.68. The van der Waals surface area contributed by atoms with Crippen LogP contribution in [-0.2, 0) is 16.1 Å². The highest BCUT2D eigenvalue weighted by molar-refractivity contribution is 5.79. The predicted molar refractivity (Wildman–Crippen MR) is 71.0 cm³/mol. The number of nitrogens with zero attached hydrogens (tertiary/aromatic N) is 2. The molecule has 6 heteroatoms. The molecule has 0 saturated carbocycles. The lowest BCUT2D eigenvalue weighted by atomic mass is 9.92. The number of nitrogens with one attached hydrogen (secondary N) is 1. The number of rotatable bonds is 4. The molecule has 0 aliphatic carbocycles. The summed E-state index contributed by atoms with van der Waals surface area (Å²) in [5.74, 6) is 0.877. The highest BCUT2D eigenvalue weighted by atomic mass is 16.5. The third kappa shape index (κ3) is 3.64. The molecular formula is C13H20N4O2. The molecule has 0 radical (unpaired) electrons. The largest absolute Gasteiger partial charge is 0.384 e. The van der Waals surface area contributed by atoms with Gasteiger partial charge in [-0.3, -0.25) is 4.79 Å². The van der Waals surface area contributed by atoms with Crippen LogP contribution >= 0.6 is 0 Å². The van der Waals surface area contributed by atoms with E-state index >= 15 is 0 Å². The average molecular weight is 264 g/mol. The summed E-state index contributed by atoms with van der Waals surface area (Å²) in [6, 6.07) is 1.62. The van der Waals surface area contributed by atoms with Gasteiger partial charge in [-0.2, -0.15) is 0 Å². The average Bonchev–Trinajstić information content (AvgIpc) is 2.45. The minimum Gasteiger partial charge on any atom is -0.384 e. The summed E-state index contributed by atoms with van der Waals surface area (Å²) < 4.78 is 5.62. The standard InChI is InChI=1S/C13H20N4O2/c1-2-10-9(4-3-7-19-10)13(18)16-8-12-15-6-5-11(14)17-12/h5-6,9-10H,2-4,7-8H2,1H3,(H,16,18)(H2,14,15,17). The van der Waals surface area contributed by atoms with Gasteiger partial charge in [-0.25, -0.2) is 9.97 Å². The van der Waals surface area contributed by atoms with Gasteiger partial charge in [-0.15, -0.1) is 0 Å². The lowest BCUT2D eigenvalue weighted by Crippen LogP contribution is -2.41. The molecule has 0 spiro atoms. The molecule has 1 aromatic heterocycles. The van der Waals surface area contributed by atoms with Crippen molar-refractivity contribution in [1.29, 1.82) is 0 Å². The molecule has 0 bridgehead atoms. The fourth-order valence-corrected chi connectivity index (χ4v) is 2.34. The van der Waals surface area contributed by atoms with Crippen LogP contribution in [0, 0.1) is 5.92 Å². The summed E-state index contributed by atoms with van der Waals surface area (Å²) in [6.07, 6.45) is 4.27. The number of aromatic nitrogens is 2. The van der Waals surface area contributed by atoms with Gasteiger partial charge in [0.25, 0.3) is 0 Å². The molecular weight excluding hydrogens is 244 g/mol. The molecule has 1 fully saturated rings. The van der Waals surface area contributed by atoms with E-state index in [1.807, 2.05) is 6.92 Å². The second-order valence-electron chi connectivity index (χ2n) is 4.68. The Bertz CT molecular complexity index is 438. The van der Waals surface area contributed by atoms with Gasteiger partial charge < -0.3 is 15.8 Å². The predicted octanol–water partition coefficient (Wildman–Crippen LogP) is 0.880. The SMILES string of the molecule is CCC1OCCCC1C(=O)NCc1nccc(N)n1. The maximum atomic E-state index is 12.1. The van der Waals surface area contributed by atoms with Gasteiger partial charge in [-0.1, -0.05) is 6.92 Å². The van der Waals surface area contributed by atoms with E-state index in [0.29, 0.717) is 18.2 Å². The molecule has 19 heavy (non-hydrogen) atoms. The third-order valence-corrected chi connectivity index (χ3v) is 3.33. The van der Waals surface area contributed by atoms with E-state index in [2.05, 4.69) is 15.3 Å². The van der Waals surface area contributed by atoms with Gasteiger partial charge in [0.1, 0.15) is 11.6 Å². The maximum absolute atomic E-state index is 12.1. The van der Waals surface area contributed by atoms with Gasteiger partial charge in [0.15, 0.2) is 0 Å². The van der Waals surface area contributed by atoms with Gasteiger partial charge in [0.05, 0.1) is 18.6 Å². The molecule has 1 aliphatic rings. The first-order chi connectivity index (χ1) is 9.20. The summed E-state index contributed by atoms with van der Waals surface area (Å²) in [5.41, 5.74) is 5.57. The molecule has 0 aromatic carbocycles. The summed E-state index contributed by atoms with van der Waals surface area (Å²) in [7, 11) is 0. The molecule has 1 saturated heterocycles. The molecule has 3 N–H and O–H groups in total. The molecule has 2 atom stereocenters. The van der Waals surface area contributed by atoms with Crippen molar-refractivity contribution in [3.8, 4) is 0 Å². The van der Waals surface area contributed by atoms with Crippen molar-refractivity contribution in [2.75, 3.05) is 12.3 Å². The fourth-order valence-electron chi connectivity index (χ4n) is 2.34. The van der Waals surface area contributed by atoms with Crippen molar-refractivity contribution >= 4 is 11.7 Å². The smallest absolute Gasteiger partial charge is 0.226 e. The van der Waals surface area contributed by atoms with Crippen molar-refractivity contribution in [2.24, 2.45) is 5.92 Å². The Morgan fingerprint density at radius 3 is 3.21 bits per heavy atom. The number of hydrogen-bond donors (Lipinski definition) is 2. The van der Waals surface area contributed by atoms with Crippen molar-refractivity contribution in [3.05, 3.63) is 18.1 Å². The zero-order valence-electron chi connectivity index (χ0n) is 11.1. The Balaban J connectivity index is 1.89. The van der Waals surface area contributed by atoms with Crippen molar-refractivity contribution in [2.45, 2.75) is 38.8 Å². The molecule has 2 heterocycles. The van der Waals surface area contributed by atoms with Crippen molar-refractivity contribution in [3.63, 3.8) is 0 Å². The van der Waals surface area contributed by atoms with Crippen LogP contribution < -0.4 is 11.1 Å². The Kier molecular flexibility index (Phi) is 4.68. The van der Waals surface area contributed by atoms with E-state index < -0.39 is 0 Å². The van der Waals surface area contributed by atoms with Crippen LogP contribution in [-0.4, -0.2) is 28.6 Å². The minimum absolute atomic E-state index is 0.0116. The van der Waals surface area contributed by atoms with E-state index in [4.69, 9.17) is 10.5 Å². The molecule has 2 unspecified atom stereocenters. The van der Waals surface area contributed by atoms with Gasteiger partial charge in [0.2, 0.25) is 5.91 Å². The van der Waals surface area contributed by atoms with Crippen LogP contribution in [0.3, 0.4) is 0 Å². The zero-order valence-corrected chi connectivity index (χ0v) is 11.1. The highest BCUT2D eigenvalue weighted by Gasteiger charge is 2.30. The van der Waals surface area contributed by atoms with Crippen LogP contribution in [0.1, 0.15) is 32.0 Å². The second kappa shape index (κ2) is 6.47. The summed E-state index contributed by atoms with van der Waals surface area (Å²) >= 11 is 0. The van der Waals surface area contributed by atoms with E-state index in [1.165, 1.54) is 0 Å². The minimum atomic E-state index is -0.0696. The topological polar surface area (TPSA) is 90.1 Å². The number of nitrogens with two attached hydrogens (primary N) is 1. The van der Waals surface area contributed by atoms with E-state index in [9.17, 15) is 4.79 Å². The first kappa shape index (κ1) is 13.7. The monoisotopic (exact) mass is 264 g/mol. The molecule has 2 rings (SSSR count). The molecule has 1 amide bonds. The van der Waals surface area contributed by atoms with Crippen LogP contribution in [0.5, 0.6) is 0 Å². The lowest BCUT2D eigenvalue weighted by molar-refractivity contribution is -0.134. The van der Waals surface area contributed by atoms with Gasteiger partial charge in [-0.05, 0) is 25.3 Å². The Morgan fingerprint density at radius 2 is 2.47 bits per heavy atom. The molecule has 1 aliphatic heterocycles. The summed E-state index contributed by atoms with van der Waals surface area (Å²) in [6.45, 7) is 3.09. The van der Waals surface area contributed by atoms with Crippen LogP contribution in [0.15, 0.2) is 12.3 Å². The van der Waals surface area contributed by atoms with Crippen molar-refractivity contribution in [1.82, 2.24) is 15.3 Å². The Hall–Kier alpha value is -1.69. The first-order valence-electron chi connectivity index (χ1n) is 6.67. The van der Waals surface area contributed by atoms with Gasteiger partial charge >= 0.3 is 0 Å². The highest BCUT2D eigenvalue weighted by Crippen LogP contribution is 2.23. The van der Waals surface area contributed by atoms with Crippen LogP contribution in [0.2, 0.25) is 0 Å². The van der Waals surface area contributed by atoms with Gasteiger partial charge in [0, 0.05) is 12.8 Å². The Labute approximate surface area is 112 Å². The quantitative estimate of drug-likeness (QED) is 0.842. The number of anilines is 1. The van der Waals surface area contributed by atoms with E-state index in [1.54, 1.807) is 12.3 Å². The third-order valence-electron chi connectivity index (χ3n) is 3.33. The van der Waals surface area contributed by atoms with Crippen LogP contribution in [0.4, 0.5) is 5.82 Å². The van der Waals surface area contributed by atoms with Crippen molar-refractivity contribution < 1.29 is 9.53 Å². The number of carbonyl (C=O) groups is 1. The number of amides is 1. The van der Waals surface area contributed by atoms with E-state index in [0.717, 1.165) is 25.9 Å². The number of ether oxygens (including phenoxy) is 1. The normalized spacial score (nSPS) is 23.0. The number of carbonyl (C=O) groups excluding carboxylic acids is 1. The summed E-state index contributed by atoms with van der Waals surface area (Å²) in [4.78, 5) is 20.3. The Morgan fingerprint density at radius 1 is 1.63 bits per heavy atom. The fraction of sp³-hybridized carbons (Fsp3) is 0.615. The number of hydrogen-bond acceptors (Lipinski definition) is 5. The lowest BCUT2D eigenvalue weighted by Gasteiger charge is -2.29. The first-order valence-corrected chi connectivity index (χ1v) is 6.67. The maximum Gasteiger partial charge on any atom is 0.226 e. The molecule has 6 nitrogen and oxygen atoms in total. The summed E-state index contributed by atoms with van der Waals surface area (Å²) in [5, 5.41) is 2.86.